The Hall–Kier alpha value is -1.67. The summed E-state index contributed by atoms with van der Waals surface area (Å²) >= 11 is 0. The first kappa shape index (κ1) is 16.2. The maximum absolute atomic E-state index is 12.2. The van der Waals surface area contributed by atoms with Crippen LogP contribution in [0.1, 0.15) is 5.76 Å². The molecule has 3 atom stereocenters. The van der Waals surface area contributed by atoms with Gasteiger partial charge in [0.1, 0.15) is 11.9 Å². The van der Waals surface area contributed by atoms with Crippen molar-refractivity contribution < 1.29 is 24.2 Å². The molecule has 1 aromatic rings. The number of piperazine rings is 1. The van der Waals surface area contributed by atoms with Gasteiger partial charge in [0.25, 0.3) is 0 Å². The molecule has 0 radical (unpaired) electrons. The second-order valence-electron chi connectivity index (χ2n) is 5.87. The molecule has 3 heterocycles. The van der Waals surface area contributed by atoms with E-state index in [1.165, 1.54) is 6.08 Å². The molecule has 0 unspecified atom stereocenters. The van der Waals surface area contributed by atoms with Gasteiger partial charge in [0.15, 0.2) is 0 Å². The van der Waals surface area contributed by atoms with Gasteiger partial charge in [-0.2, -0.15) is 0 Å². The molecule has 0 saturated carbocycles. The minimum absolute atomic E-state index is 0.0541. The predicted octanol–water partition coefficient (Wildman–Crippen LogP) is -0.442. The van der Waals surface area contributed by atoms with Crippen LogP contribution in [0.5, 0.6) is 0 Å². The van der Waals surface area contributed by atoms with Crippen LogP contribution in [0.2, 0.25) is 0 Å². The first-order chi connectivity index (χ1) is 11.1. The van der Waals surface area contributed by atoms with Crippen molar-refractivity contribution in [3.8, 4) is 0 Å². The monoisotopic (exact) mass is 322 g/mol. The standard InChI is InChI=1S/C16H22N2O5/c19-14-11-22-10-13(16(14)21)17-5-7-18(8-6-17)15(20)4-3-12-2-1-9-23-12/h1-4,9,13-14,16,19,21H,5-8,10-11H2/b4-3+/t13-,14-,16+/m1/s1. The third kappa shape index (κ3) is 3.81. The quantitative estimate of drug-likeness (QED) is 0.734. The third-order valence-corrected chi connectivity index (χ3v) is 4.39. The highest BCUT2D eigenvalue weighted by Gasteiger charge is 2.36. The normalized spacial score (nSPS) is 30.0. The van der Waals surface area contributed by atoms with Gasteiger partial charge in [0.2, 0.25) is 5.91 Å². The SMILES string of the molecule is O=C(/C=C/c1ccco1)N1CCN([C@@H]2COC[C@@H](O)[C@H]2O)CC1. The van der Waals surface area contributed by atoms with Crippen LogP contribution >= 0.6 is 0 Å². The van der Waals surface area contributed by atoms with E-state index in [9.17, 15) is 15.0 Å². The molecule has 0 spiro atoms. The molecular formula is C16H22N2O5. The van der Waals surface area contributed by atoms with Crippen molar-refractivity contribution in [2.45, 2.75) is 18.2 Å². The van der Waals surface area contributed by atoms with Crippen molar-refractivity contribution in [3.05, 3.63) is 30.2 Å². The molecule has 2 aliphatic heterocycles. The first-order valence-electron chi connectivity index (χ1n) is 7.83. The number of amides is 1. The average Bonchev–Trinajstić information content (AvgIpc) is 3.09. The molecule has 2 N–H and O–H groups in total. The smallest absolute Gasteiger partial charge is 0.246 e. The summed E-state index contributed by atoms with van der Waals surface area (Å²) < 4.78 is 10.5. The summed E-state index contributed by atoms with van der Waals surface area (Å²) in [4.78, 5) is 16.0. The largest absolute Gasteiger partial charge is 0.465 e. The van der Waals surface area contributed by atoms with Crippen LogP contribution in [0.3, 0.4) is 0 Å². The molecule has 2 aliphatic rings. The number of ether oxygens (including phenoxy) is 1. The minimum atomic E-state index is -0.843. The molecule has 2 saturated heterocycles. The van der Waals surface area contributed by atoms with Crippen LogP contribution in [0.15, 0.2) is 28.9 Å². The van der Waals surface area contributed by atoms with E-state index in [4.69, 9.17) is 9.15 Å². The number of rotatable bonds is 3. The Morgan fingerprint density at radius 1 is 1.22 bits per heavy atom. The van der Waals surface area contributed by atoms with E-state index < -0.39 is 12.2 Å². The number of nitrogens with zero attached hydrogens (tertiary/aromatic N) is 2. The summed E-state index contributed by atoms with van der Waals surface area (Å²) in [6, 6.07) is 3.35. The van der Waals surface area contributed by atoms with Crippen molar-refractivity contribution in [1.82, 2.24) is 9.80 Å². The lowest BCUT2D eigenvalue weighted by atomic mass is 10.0. The summed E-state index contributed by atoms with van der Waals surface area (Å²) in [6.45, 7) is 3.05. The maximum atomic E-state index is 12.2. The second kappa shape index (κ2) is 7.27. The fourth-order valence-corrected chi connectivity index (χ4v) is 3.00. The zero-order valence-corrected chi connectivity index (χ0v) is 12.9. The number of hydrogen-bond acceptors (Lipinski definition) is 6. The highest BCUT2D eigenvalue weighted by molar-refractivity contribution is 5.91. The Labute approximate surface area is 134 Å². The number of furan rings is 1. The summed E-state index contributed by atoms with van der Waals surface area (Å²) in [5.41, 5.74) is 0. The van der Waals surface area contributed by atoms with Crippen LogP contribution in [0.25, 0.3) is 6.08 Å². The van der Waals surface area contributed by atoms with Gasteiger partial charge < -0.3 is 24.3 Å². The number of aliphatic hydroxyl groups is 2. The molecule has 3 rings (SSSR count). The molecule has 0 bridgehead atoms. The van der Waals surface area contributed by atoms with Gasteiger partial charge in [-0.15, -0.1) is 0 Å². The fraction of sp³-hybridized carbons (Fsp3) is 0.562. The Bertz CT molecular complexity index is 537. The Kier molecular flexibility index (Phi) is 5.12. The summed E-state index contributed by atoms with van der Waals surface area (Å²) in [5.74, 6) is 0.593. The molecule has 2 fully saturated rings. The van der Waals surface area contributed by atoms with E-state index >= 15 is 0 Å². The fourth-order valence-electron chi connectivity index (χ4n) is 3.00. The van der Waals surface area contributed by atoms with Gasteiger partial charge in [-0.3, -0.25) is 9.69 Å². The van der Waals surface area contributed by atoms with Crippen LogP contribution < -0.4 is 0 Å². The maximum Gasteiger partial charge on any atom is 0.246 e. The number of hydrogen-bond donors (Lipinski definition) is 2. The van der Waals surface area contributed by atoms with Crippen molar-refractivity contribution in [2.24, 2.45) is 0 Å². The predicted molar refractivity (Wildman–Crippen MR) is 82.5 cm³/mol. The Balaban J connectivity index is 1.51. The molecule has 7 heteroatoms. The molecule has 7 nitrogen and oxygen atoms in total. The number of carbonyl (C=O) groups is 1. The van der Waals surface area contributed by atoms with E-state index in [1.807, 2.05) is 0 Å². The van der Waals surface area contributed by atoms with Gasteiger partial charge in [0.05, 0.1) is 31.6 Å². The highest BCUT2D eigenvalue weighted by atomic mass is 16.5. The number of aliphatic hydroxyl groups excluding tert-OH is 2. The van der Waals surface area contributed by atoms with Crippen LogP contribution in [0, 0.1) is 0 Å². The third-order valence-electron chi connectivity index (χ3n) is 4.39. The zero-order valence-electron chi connectivity index (χ0n) is 12.9. The summed E-state index contributed by atoms with van der Waals surface area (Å²) in [5, 5.41) is 19.8. The van der Waals surface area contributed by atoms with Crippen LogP contribution in [0.4, 0.5) is 0 Å². The van der Waals surface area contributed by atoms with Crippen molar-refractivity contribution in [2.75, 3.05) is 39.4 Å². The van der Waals surface area contributed by atoms with E-state index in [1.54, 1.807) is 29.4 Å². The second-order valence-corrected chi connectivity index (χ2v) is 5.87. The minimum Gasteiger partial charge on any atom is -0.465 e. The first-order valence-corrected chi connectivity index (χ1v) is 7.83. The lowest BCUT2D eigenvalue weighted by Gasteiger charge is -2.43. The molecular weight excluding hydrogens is 300 g/mol. The van der Waals surface area contributed by atoms with Gasteiger partial charge >= 0.3 is 0 Å². The Morgan fingerprint density at radius 2 is 2.00 bits per heavy atom. The summed E-state index contributed by atoms with van der Waals surface area (Å²) in [6.07, 6.45) is 3.09. The van der Waals surface area contributed by atoms with Crippen LogP contribution in [-0.4, -0.2) is 83.6 Å². The van der Waals surface area contributed by atoms with Gasteiger partial charge in [0, 0.05) is 32.3 Å². The van der Waals surface area contributed by atoms with Crippen LogP contribution in [-0.2, 0) is 9.53 Å². The van der Waals surface area contributed by atoms with Gasteiger partial charge in [-0.25, -0.2) is 0 Å². The lowest BCUT2D eigenvalue weighted by molar-refractivity contribution is -0.142. The molecule has 126 valence electrons. The molecule has 1 amide bonds. The van der Waals surface area contributed by atoms with E-state index in [-0.39, 0.29) is 18.6 Å². The van der Waals surface area contributed by atoms with Crippen molar-refractivity contribution in [3.63, 3.8) is 0 Å². The molecule has 1 aromatic heterocycles. The molecule has 0 aromatic carbocycles. The van der Waals surface area contributed by atoms with E-state index in [0.29, 0.717) is 38.5 Å². The average molecular weight is 322 g/mol. The van der Waals surface area contributed by atoms with Crippen molar-refractivity contribution in [1.29, 1.82) is 0 Å². The molecule has 0 aliphatic carbocycles. The topological polar surface area (TPSA) is 86.4 Å². The van der Waals surface area contributed by atoms with E-state index in [2.05, 4.69) is 4.90 Å². The summed E-state index contributed by atoms with van der Waals surface area (Å²) in [7, 11) is 0. The van der Waals surface area contributed by atoms with E-state index in [0.717, 1.165) is 0 Å². The molecule has 23 heavy (non-hydrogen) atoms. The Morgan fingerprint density at radius 3 is 2.70 bits per heavy atom. The highest BCUT2D eigenvalue weighted by Crippen LogP contribution is 2.17. The van der Waals surface area contributed by atoms with Crippen molar-refractivity contribution >= 4 is 12.0 Å². The zero-order chi connectivity index (χ0) is 16.2. The lowest BCUT2D eigenvalue weighted by Crippen LogP contribution is -2.60. The van der Waals surface area contributed by atoms with Gasteiger partial charge in [-0.05, 0) is 18.2 Å². The van der Waals surface area contributed by atoms with Gasteiger partial charge in [-0.1, -0.05) is 0 Å². The number of carbonyl (C=O) groups excluding carboxylic acids is 1.